The third kappa shape index (κ3) is 4.59. The maximum atomic E-state index is 12.7. The van der Waals surface area contributed by atoms with E-state index in [0.29, 0.717) is 11.3 Å². The maximum absolute atomic E-state index is 12.7. The summed E-state index contributed by atoms with van der Waals surface area (Å²) in [6, 6.07) is 11.7. The van der Waals surface area contributed by atoms with E-state index in [1.54, 1.807) is 19.1 Å². The van der Waals surface area contributed by atoms with Crippen LogP contribution in [0.3, 0.4) is 0 Å². The number of carbonyl (C=O) groups is 1. The van der Waals surface area contributed by atoms with Gasteiger partial charge in [0.2, 0.25) is 0 Å². The summed E-state index contributed by atoms with van der Waals surface area (Å²) < 4.78 is 33.1. The number of anilines is 1. The Morgan fingerprint density at radius 1 is 1.11 bits per heavy atom. The van der Waals surface area contributed by atoms with Crippen molar-refractivity contribution in [2.75, 3.05) is 11.8 Å². The third-order valence-corrected chi connectivity index (χ3v) is 5.17. The molecule has 1 N–H and O–H groups in total. The number of carboxylic acids is 1. The largest absolute Gasteiger partial charge is 1.00 e. The van der Waals surface area contributed by atoms with E-state index in [0.717, 1.165) is 11.1 Å². The number of aromatic carboxylic acids is 1. The summed E-state index contributed by atoms with van der Waals surface area (Å²) in [6.45, 7) is 1.81. The molecule has 0 saturated heterocycles. The predicted octanol–water partition coefficient (Wildman–Crippen LogP) is -1.28. The minimum Gasteiger partial charge on any atom is -0.545 e. The molecule has 134 valence electrons. The number of aryl methyl sites for hydroxylation is 1. The summed E-state index contributed by atoms with van der Waals surface area (Å²) in [7, 11) is -2.46. The van der Waals surface area contributed by atoms with Crippen LogP contribution in [0, 0.1) is 6.92 Å². The van der Waals surface area contributed by atoms with Gasteiger partial charge in [-0.2, -0.15) is 0 Å². The molecule has 0 fully saturated rings. The van der Waals surface area contributed by atoms with Gasteiger partial charge in [0.15, 0.2) is 0 Å². The molecule has 0 unspecified atom stereocenters. The predicted molar refractivity (Wildman–Crippen MR) is 94.6 cm³/mol. The fraction of sp³-hybridized carbons (Fsp3) is 0.111. The van der Waals surface area contributed by atoms with Gasteiger partial charge in [-0.3, -0.25) is 9.71 Å². The molecule has 27 heavy (non-hydrogen) atoms. The number of hydrogen-bond acceptors (Lipinski definition) is 6. The Hall–Kier alpha value is -2.13. The van der Waals surface area contributed by atoms with Crippen molar-refractivity contribution >= 4 is 32.6 Å². The zero-order valence-corrected chi connectivity index (χ0v) is 17.8. The van der Waals surface area contributed by atoms with E-state index < -0.39 is 16.0 Å². The molecule has 1 aromatic heterocycles. The van der Waals surface area contributed by atoms with Crippen LogP contribution in [0.5, 0.6) is 5.75 Å². The molecule has 7 nitrogen and oxygen atoms in total. The minimum absolute atomic E-state index is 0. The first-order chi connectivity index (χ1) is 12.3. The number of ether oxygens (including phenoxy) is 1. The van der Waals surface area contributed by atoms with Crippen molar-refractivity contribution in [1.82, 2.24) is 4.98 Å². The van der Waals surface area contributed by atoms with Gasteiger partial charge in [-0.1, -0.05) is 18.2 Å². The molecule has 2 aromatic carbocycles. The Kier molecular flexibility index (Phi) is 6.48. The molecular formula is C18H15N2NaO5S. The zero-order valence-electron chi connectivity index (χ0n) is 15.0. The van der Waals surface area contributed by atoms with Crippen LogP contribution in [-0.4, -0.2) is 26.5 Å². The normalized spacial score (nSPS) is 10.9. The summed E-state index contributed by atoms with van der Waals surface area (Å²) >= 11 is 0. The average molecular weight is 394 g/mol. The maximum Gasteiger partial charge on any atom is 1.00 e. The third-order valence-electron chi connectivity index (χ3n) is 3.79. The number of carboxylic acid groups (broad SMARTS) is 1. The van der Waals surface area contributed by atoms with Gasteiger partial charge in [0.25, 0.3) is 10.0 Å². The molecule has 0 aliphatic carbocycles. The Bertz CT molecular complexity index is 1100. The van der Waals surface area contributed by atoms with E-state index in [-0.39, 0.29) is 45.7 Å². The molecule has 9 heteroatoms. The molecular weight excluding hydrogens is 379 g/mol. The van der Waals surface area contributed by atoms with Crippen LogP contribution < -0.4 is 44.1 Å². The van der Waals surface area contributed by atoms with Gasteiger partial charge in [0.05, 0.1) is 29.2 Å². The first kappa shape index (κ1) is 21.2. The second-order valence-electron chi connectivity index (χ2n) is 5.62. The van der Waals surface area contributed by atoms with Crippen molar-refractivity contribution in [3.63, 3.8) is 0 Å². The molecule has 0 atom stereocenters. The number of benzene rings is 2. The number of pyridine rings is 1. The second-order valence-corrected chi connectivity index (χ2v) is 7.30. The van der Waals surface area contributed by atoms with Crippen molar-refractivity contribution < 1.29 is 52.6 Å². The zero-order chi connectivity index (χ0) is 18.9. The molecule has 0 radical (unpaired) electrons. The van der Waals surface area contributed by atoms with Crippen LogP contribution in [0.1, 0.15) is 16.1 Å². The van der Waals surface area contributed by atoms with Crippen molar-refractivity contribution in [1.29, 1.82) is 0 Å². The molecule has 3 aromatic rings. The van der Waals surface area contributed by atoms with Crippen LogP contribution >= 0.6 is 0 Å². The summed E-state index contributed by atoms with van der Waals surface area (Å²) in [5, 5.41) is 11.5. The molecule has 3 rings (SSSR count). The van der Waals surface area contributed by atoms with Gasteiger partial charge in [0, 0.05) is 17.1 Å². The number of methoxy groups -OCH3 is 1. The van der Waals surface area contributed by atoms with Crippen molar-refractivity contribution in [3.05, 3.63) is 59.8 Å². The number of rotatable bonds is 5. The smallest absolute Gasteiger partial charge is 0.545 e. The second kappa shape index (κ2) is 8.26. The number of fused-ring (bicyclic) bond motifs is 1. The van der Waals surface area contributed by atoms with Crippen molar-refractivity contribution in [2.45, 2.75) is 11.8 Å². The molecule has 0 saturated carbocycles. The summed E-state index contributed by atoms with van der Waals surface area (Å²) in [4.78, 5) is 15.1. The van der Waals surface area contributed by atoms with Crippen molar-refractivity contribution in [3.8, 4) is 5.75 Å². The van der Waals surface area contributed by atoms with Gasteiger partial charge in [-0.25, -0.2) is 8.42 Å². The monoisotopic (exact) mass is 394 g/mol. The standard InChI is InChI=1S/C18H16N2O5S.Na/c1-11-3-4-13-9-14(25-2)10-16(17(13)19-11)20-26(23,24)15-7-5-12(6-8-15)18(21)22;/h3-10,20H,1-2H3,(H,21,22);/q;+1/p-1. The van der Waals surface area contributed by atoms with Gasteiger partial charge in [0.1, 0.15) is 5.75 Å². The first-order valence-electron chi connectivity index (χ1n) is 7.60. The molecule has 0 spiro atoms. The number of aromatic nitrogens is 1. The van der Waals surface area contributed by atoms with Gasteiger partial charge in [-0.05, 0) is 36.8 Å². The first-order valence-corrected chi connectivity index (χ1v) is 9.08. The Labute approximate surface area is 178 Å². The number of nitrogens with one attached hydrogen (secondary N) is 1. The van der Waals surface area contributed by atoms with Crippen LogP contribution in [0.2, 0.25) is 0 Å². The van der Waals surface area contributed by atoms with Gasteiger partial charge >= 0.3 is 29.6 Å². The average Bonchev–Trinajstić information content (AvgIpc) is 2.61. The van der Waals surface area contributed by atoms with Crippen molar-refractivity contribution in [2.24, 2.45) is 0 Å². The van der Waals surface area contributed by atoms with Gasteiger partial charge < -0.3 is 14.6 Å². The quantitative estimate of drug-likeness (QED) is 0.540. The van der Waals surface area contributed by atoms with E-state index in [2.05, 4.69) is 9.71 Å². The van der Waals surface area contributed by atoms with Crippen LogP contribution in [0.15, 0.2) is 53.4 Å². The van der Waals surface area contributed by atoms with E-state index in [9.17, 15) is 18.3 Å². The Morgan fingerprint density at radius 3 is 2.37 bits per heavy atom. The fourth-order valence-corrected chi connectivity index (χ4v) is 3.53. The van der Waals surface area contributed by atoms with Crippen LogP contribution in [-0.2, 0) is 10.0 Å². The Balaban J connectivity index is 0.00000261. The number of sulfonamides is 1. The number of nitrogens with zero attached hydrogens (tertiary/aromatic N) is 1. The molecule has 0 aliphatic rings. The van der Waals surface area contributed by atoms with E-state index in [4.69, 9.17) is 4.74 Å². The van der Waals surface area contributed by atoms with Gasteiger partial charge in [-0.15, -0.1) is 0 Å². The summed E-state index contributed by atoms with van der Waals surface area (Å²) in [6.07, 6.45) is 0. The number of carbonyl (C=O) groups excluding carboxylic acids is 1. The SMILES string of the molecule is COc1cc(NS(=O)(=O)c2ccc(C(=O)[O-])cc2)c2nc(C)ccc2c1.[Na+]. The van der Waals surface area contributed by atoms with Crippen LogP contribution in [0.4, 0.5) is 5.69 Å². The molecule has 0 amide bonds. The summed E-state index contributed by atoms with van der Waals surface area (Å²) in [5.74, 6) is -0.895. The number of hydrogen-bond donors (Lipinski definition) is 1. The van der Waals surface area contributed by atoms with E-state index in [1.165, 1.54) is 31.4 Å². The Morgan fingerprint density at radius 2 is 1.78 bits per heavy atom. The fourth-order valence-electron chi connectivity index (χ4n) is 2.47. The topological polar surface area (TPSA) is 108 Å². The molecule has 0 bridgehead atoms. The van der Waals surface area contributed by atoms with E-state index in [1.807, 2.05) is 12.1 Å². The van der Waals surface area contributed by atoms with Crippen LogP contribution in [0.25, 0.3) is 10.9 Å². The van der Waals surface area contributed by atoms with E-state index >= 15 is 0 Å². The summed E-state index contributed by atoms with van der Waals surface area (Å²) in [5.41, 5.74) is 1.39. The molecule has 1 heterocycles. The molecule has 0 aliphatic heterocycles. The minimum atomic E-state index is -3.94.